The van der Waals surface area contributed by atoms with Gasteiger partial charge in [0, 0.05) is 7.09 Å². The molecule has 0 bridgehead atoms. The molecule has 0 aliphatic carbocycles. The van der Waals surface area contributed by atoms with Crippen molar-refractivity contribution in [2.75, 3.05) is 7.09 Å². The molecule has 0 aromatic heterocycles. The van der Waals surface area contributed by atoms with Gasteiger partial charge in [-0.25, -0.2) is 9.59 Å². The van der Waals surface area contributed by atoms with Gasteiger partial charge in [0.25, 0.3) is 0 Å². The Bertz CT molecular complexity index is 276. The molecule has 94 valence electrons. The molecule has 6 heteroatoms. The number of hydrogen-bond acceptors (Lipinski definition) is 4. The first-order chi connectivity index (χ1) is 7.67. The Morgan fingerprint density at radius 1 is 1.44 bits per heavy atom. The van der Waals surface area contributed by atoms with Crippen molar-refractivity contribution in [2.24, 2.45) is 0 Å². The van der Waals surface area contributed by atoms with Crippen LogP contribution in [0.1, 0.15) is 29.1 Å². The third-order valence-electron chi connectivity index (χ3n) is 1.67. The summed E-state index contributed by atoms with van der Waals surface area (Å²) in [6, 6.07) is -1.24. The van der Waals surface area contributed by atoms with E-state index in [-0.39, 0.29) is 7.09 Å². The Morgan fingerprint density at radius 3 is 2.38 bits per heavy atom. The summed E-state index contributed by atoms with van der Waals surface area (Å²) in [6.07, 6.45) is -1.64. The SMILES string of the molecule is [2H]CO[C@@H](C)[C@H](NC(=O)OC(C)(C)C)C(=O)O. The Kier molecular flexibility index (Phi) is 4.54. The minimum atomic E-state index is -1.24. The highest BCUT2D eigenvalue weighted by Crippen LogP contribution is 2.07. The fourth-order valence-corrected chi connectivity index (χ4v) is 0.911. The number of nitrogens with one attached hydrogen (secondary N) is 1. The van der Waals surface area contributed by atoms with Gasteiger partial charge in [-0.1, -0.05) is 0 Å². The fraction of sp³-hybridized carbons (Fsp3) is 0.800. The van der Waals surface area contributed by atoms with Gasteiger partial charge in [-0.2, -0.15) is 0 Å². The number of carbonyl (C=O) groups excluding carboxylic acids is 1. The molecular formula is C10H19NO5. The second kappa shape index (κ2) is 5.69. The molecule has 2 atom stereocenters. The lowest BCUT2D eigenvalue weighted by atomic mass is 10.2. The van der Waals surface area contributed by atoms with E-state index in [0.717, 1.165) is 0 Å². The smallest absolute Gasteiger partial charge is 0.408 e. The molecular weight excluding hydrogens is 214 g/mol. The summed E-state index contributed by atoms with van der Waals surface area (Å²) in [4.78, 5) is 22.3. The van der Waals surface area contributed by atoms with E-state index in [4.69, 9.17) is 16.0 Å². The summed E-state index contributed by atoms with van der Waals surface area (Å²) < 4.78 is 16.6. The third-order valence-corrected chi connectivity index (χ3v) is 1.67. The molecule has 16 heavy (non-hydrogen) atoms. The molecule has 0 saturated carbocycles. The zero-order valence-electron chi connectivity index (χ0n) is 10.9. The summed E-state index contributed by atoms with van der Waals surface area (Å²) in [7, 11) is -0.374. The minimum Gasteiger partial charge on any atom is -0.480 e. The van der Waals surface area contributed by atoms with Crippen LogP contribution in [0.2, 0.25) is 0 Å². The predicted molar refractivity (Wildman–Crippen MR) is 57.3 cm³/mol. The number of methoxy groups -OCH3 is 1. The van der Waals surface area contributed by atoms with Gasteiger partial charge in [-0.15, -0.1) is 0 Å². The number of carbonyl (C=O) groups is 2. The van der Waals surface area contributed by atoms with Crippen LogP contribution in [-0.2, 0) is 14.3 Å². The van der Waals surface area contributed by atoms with Crippen molar-refractivity contribution in [3.63, 3.8) is 0 Å². The van der Waals surface area contributed by atoms with Crippen LogP contribution in [0.3, 0.4) is 0 Å². The van der Waals surface area contributed by atoms with Crippen LogP contribution in [-0.4, -0.2) is 42.0 Å². The van der Waals surface area contributed by atoms with E-state index >= 15 is 0 Å². The van der Waals surface area contributed by atoms with Crippen LogP contribution < -0.4 is 5.32 Å². The van der Waals surface area contributed by atoms with E-state index in [0.29, 0.717) is 0 Å². The first-order valence-electron chi connectivity index (χ1n) is 5.51. The molecule has 2 N–H and O–H groups in total. The quantitative estimate of drug-likeness (QED) is 0.758. The average molecular weight is 234 g/mol. The molecule has 1 amide bonds. The first-order valence-corrected chi connectivity index (χ1v) is 4.80. The zero-order valence-corrected chi connectivity index (χ0v) is 9.94. The van der Waals surface area contributed by atoms with Crippen molar-refractivity contribution in [1.82, 2.24) is 5.32 Å². The Labute approximate surface area is 96.3 Å². The lowest BCUT2D eigenvalue weighted by Gasteiger charge is -2.24. The van der Waals surface area contributed by atoms with E-state index < -0.39 is 29.8 Å². The second-order valence-corrected chi connectivity index (χ2v) is 4.33. The van der Waals surface area contributed by atoms with Gasteiger partial charge in [0.05, 0.1) is 7.47 Å². The van der Waals surface area contributed by atoms with E-state index in [1.165, 1.54) is 6.92 Å². The topological polar surface area (TPSA) is 84.9 Å². The molecule has 0 unspecified atom stereocenters. The first kappa shape index (κ1) is 12.8. The van der Waals surface area contributed by atoms with Crippen LogP contribution in [0, 0.1) is 0 Å². The van der Waals surface area contributed by atoms with Gasteiger partial charge in [0.2, 0.25) is 0 Å². The fourth-order valence-electron chi connectivity index (χ4n) is 0.911. The highest BCUT2D eigenvalue weighted by molar-refractivity contribution is 5.80. The minimum absolute atomic E-state index is 0.374. The summed E-state index contributed by atoms with van der Waals surface area (Å²) >= 11 is 0. The van der Waals surface area contributed by atoms with Crippen molar-refractivity contribution in [1.29, 1.82) is 0 Å². The lowest BCUT2D eigenvalue weighted by molar-refractivity contribution is -0.142. The van der Waals surface area contributed by atoms with E-state index in [2.05, 4.69) is 5.32 Å². The Morgan fingerprint density at radius 2 is 2.00 bits per heavy atom. The summed E-state index contributed by atoms with van der Waals surface area (Å²) in [5.41, 5.74) is -0.702. The van der Waals surface area contributed by atoms with Crippen molar-refractivity contribution in [2.45, 2.75) is 45.4 Å². The molecule has 6 nitrogen and oxygen atoms in total. The molecule has 0 aliphatic heterocycles. The zero-order chi connectivity index (χ0) is 13.6. The number of aliphatic carboxylic acids is 1. The van der Waals surface area contributed by atoms with Crippen molar-refractivity contribution < 1.29 is 25.5 Å². The normalized spacial score (nSPS) is 15.9. The van der Waals surface area contributed by atoms with E-state index in [1.54, 1.807) is 20.8 Å². The van der Waals surface area contributed by atoms with Crippen LogP contribution >= 0.6 is 0 Å². The standard InChI is InChI=1S/C10H19NO5/c1-6(15-5)7(8(12)13)11-9(14)16-10(2,3)4/h6-7H,1-5H3,(H,11,14)(H,12,13)/t6-,7-/m0/s1/i5D. The highest BCUT2D eigenvalue weighted by Gasteiger charge is 2.28. The van der Waals surface area contributed by atoms with Crippen LogP contribution in [0.25, 0.3) is 0 Å². The maximum Gasteiger partial charge on any atom is 0.408 e. The van der Waals surface area contributed by atoms with Crippen molar-refractivity contribution in [3.8, 4) is 0 Å². The Balaban J connectivity index is 4.45. The van der Waals surface area contributed by atoms with Crippen LogP contribution in [0.4, 0.5) is 4.79 Å². The van der Waals surface area contributed by atoms with Crippen LogP contribution in [0.15, 0.2) is 0 Å². The molecule has 0 fully saturated rings. The molecule has 0 rings (SSSR count). The molecule has 0 aromatic carbocycles. The molecule has 0 spiro atoms. The molecule has 0 aromatic rings. The maximum atomic E-state index is 11.4. The number of carboxylic acids is 1. The second-order valence-electron chi connectivity index (χ2n) is 4.33. The number of carboxylic acid groups (broad SMARTS) is 1. The number of ether oxygens (including phenoxy) is 2. The predicted octanol–water partition coefficient (Wildman–Crippen LogP) is 0.999. The van der Waals surface area contributed by atoms with Gasteiger partial charge >= 0.3 is 12.1 Å². The molecule has 0 heterocycles. The Hall–Kier alpha value is -1.30. The maximum absolute atomic E-state index is 11.4. The van der Waals surface area contributed by atoms with E-state index in [1.807, 2.05) is 0 Å². The number of hydrogen-bond donors (Lipinski definition) is 2. The summed E-state index contributed by atoms with van der Waals surface area (Å²) in [5.74, 6) is -1.24. The van der Waals surface area contributed by atoms with Gasteiger partial charge in [0.15, 0.2) is 6.04 Å². The monoisotopic (exact) mass is 234 g/mol. The van der Waals surface area contributed by atoms with Gasteiger partial charge < -0.3 is 19.9 Å². The van der Waals surface area contributed by atoms with E-state index in [9.17, 15) is 9.59 Å². The van der Waals surface area contributed by atoms with Crippen molar-refractivity contribution in [3.05, 3.63) is 0 Å². The van der Waals surface area contributed by atoms with Crippen molar-refractivity contribution >= 4 is 12.1 Å². The van der Waals surface area contributed by atoms with Crippen LogP contribution in [0.5, 0.6) is 0 Å². The van der Waals surface area contributed by atoms with Gasteiger partial charge in [-0.05, 0) is 27.7 Å². The van der Waals surface area contributed by atoms with Gasteiger partial charge in [0.1, 0.15) is 5.60 Å². The average Bonchev–Trinajstić information content (AvgIpc) is 2.11. The molecule has 0 radical (unpaired) electrons. The third kappa shape index (κ3) is 5.55. The summed E-state index contributed by atoms with van der Waals surface area (Å²) in [5, 5.41) is 11.1. The largest absolute Gasteiger partial charge is 0.480 e. The number of amides is 1. The highest BCUT2D eigenvalue weighted by atomic mass is 16.6. The lowest BCUT2D eigenvalue weighted by Crippen LogP contribution is -2.49. The molecule has 0 saturated heterocycles. The number of alkyl carbamates (subject to hydrolysis) is 1. The van der Waals surface area contributed by atoms with Gasteiger partial charge in [-0.3, -0.25) is 0 Å². The number of rotatable bonds is 4. The molecule has 0 aliphatic rings. The summed E-state index contributed by atoms with van der Waals surface area (Å²) in [6.45, 7) is 6.48.